The molecule has 10 heteroatoms. The van der Waals surface area contributed by atoms with E-state index in [0.717, 1.165) is 27.8 Å². The Bertz CT molecular complexity index is 1490. The van der Waals surface area contributed by atoms with Crippen LogP contribution < -0.4 is 0 Å². The van der Waals surface area contributed by atoms with Gasteiger partial charge in [0.25, 0.3) is 5.60 Å². The van der Waals surface area contributed by atoms with Gasteiger partial charge in [-0.15, -0.1) is 0 Å². The monoisotopic (exact) mass is 626 g/mol. The van der Waals surface area contributed by atoms with Crippen LogP contribution in [0, 0.1) is 13.8 Å². The van der Waals surface area contributed by atoms with Crippen LogP contribution in [0.25, 0.3) is 17.2 Å². The van der Waals surface area contributed by atoms with E-state index in [1.54, 1.807) is 31.2 Å². The standard InChI is InChI=1S/C33H33ClF6O3/c1-6-30(7-2,25-11-10-22(20(3)16-25)14-15-31(42,32(35,36)37)33(38,39)40)26-12-13-27(21(4)17-26)23-8-9-24(28(34)18-23)19-29(41)43-5/h8-18,42H,6-7,19H2,1-5H3/b15-14+. The van der Waals surface area contributed by atoms with Crippen molar-refractivity contribution in [1.29, 1.82) is 0 Å². The van der Waals surface area contributed by atoms with Gasteiger partial charge in [0.1, 0.15) is 0 Å². The predicted molar refractivity (Wildman–Crippen MR) is 156 cm³/mol. The molecule has 0 spiro atoms. The van der Waals surface area contributed by atoms with Gasteiger partial charge in [-0.05, 0) is 83.3 Å². The third-order valence-corrected chi connectivity index (χ3v) is 8.46. The van der Waals surface area contributed by atoms with Gasteiger partial charge in [0.2, 0.25) is 0 Å². The summed E-state index contributed by atoms with van der Waals surface area (Å²) in [6.07, 6.45) is -10.1. The van der Waals surface area contributed by atoms with Crippen molar-refractivity contribution >= 4 is 23.6 Å². The Labute approximate surface area is 252 Å². The highest BCUT2D eigenvalue weighted by atomic mass is 35.5. The second kappa shape index (κ2) is 12.7. The Balaban J connectivity index is 2.00. The van der Waals surface area contributed by atoms with Crippen molar-refractivity contribution in [3.63, 3.8) is 0 Å². The number of aliphatic hydroxyl groups is 1. The van der Waals surface area contributed by atoms with E-state index in [2.05, 4.69) is 6.07 Å². The molecule has 232 valence electrons. The molecule has 0 aromatic heterocycles. The van der Waals surface area contributed by atoms with Crippen LogP contribution in [0.15, 0.2) is 60.7 Å². The van der Waals surface area contributed by atoms with Crippen LogP contribution in [0.2, 0.25) is 5.02 Å². The van der Waals surface area contributed by atoms with Gasteiger partial charge in [0.05, 0.1) is 13.5 Å². The highest BCUT2D eigenvalue weighted by Crippen LogP contribution is 2.45. The summed E-state index contributed by atoms with van der Waals surface area (Å²) in [5, 5.41) is 9.93. The number of aryl methyl sites for hydroxylation is 2. The lowest BCUT2D eigenvalue weighted by atomic mass is 9.69. The molecule has 0 heterocycles. The molecule has 3 aromatic rings. The van der Waals surface area contributed by atoms with E-state index in [4.69, 9.17) is 16.3 Å². The van der Waals surface area contributed by atoms with E-state index >= 15 is 0 Å². The van der Waals surface area contributed by atoms with Gasteiger partial charge < -0.3 is 9.84 Å². The van der Waals surface area contributed by atoms with Crippen molar-refractivity contribution in [3.8, 4) is 11.1 Å². The minimum Gasteiger partial charge on any atom is -0.469 e. The quantitative estimate of drug-likeness (QED) is 0.190. The minimum atomic E-state index is -5.93. The van der Waals surface area contributed by atoms with E-state index in [1.807, 2.05) is 39.0 Å². The largest absolute Gasteiger partial charge is 0.469 e. The lowest BCUT2D eigenvalue weighted by Crippen LogP contribution is -2.55. The van der Waals surface area contributed by atoms with Crippen LogP contribution in [-0.4, -0.2) is 36.1 Å². The van der Waals surface area contributed by atoms with Crippen LogP contribution in [-0.2, 0) is 21.4 Å². The Hall–Kier alpha value is -3.30. The fraction of sp³-hybridized carbons (Fsp3) is 0.364. The summed E-state index contributed by atoms with van der Waals surface area (Å²) in [5.41, 5.74) is 0.408. The van der Waals surface area contributed by atoms with Gasteiger partial charge in [0, 0.05) is 10.4 Å². The van der Waals surface area contributed by atoms with Gasteiger partial charge in [-0.25, -0.2) is 0 Å². The number of ether oxygens (including phenoxy) is 1. The van der Waals surface area contributed by atoms with E-state index in [1.165, 1.54) is 13.2 Å². The summed E-state index contributed by atoms with van der Waals surface area (Å²) in [5.74, 6) is -0.394. The molecule has 3 rings (SSSR count). The fourth-order valence-electron chi connectivity index (χ4n) is 5.32. The third-order valence-electron chi connectivity index (χ3n) is 8.10. The van der Waals surface area contributed by atoms with E-state index in [9.17, 15) is 36.2 Å². The molecule has 1 N–H and O–H groups in total. The average Bonchev–Trinajstić information content (AvgIpc) is 2.93. The van der Waals surface area contributed by atoms with Gasteiger partial charge >= 0.3 is 18.3 Å². The van der Waals surface area contributed by atoms with Crippen LogP contribution in [0.3, 0.4) is 0 Å². The zero-order valence-corrected chi connectivity index (χ0v) is 25.1. The molecule has 0 aliphatic rings. The third kappa shape index (κ3) is 6.78. The van der Waals surface area contributed by atoms with E-state index in [0.29, 0.717) is 35.1 Å². The highest BCUT2D eigenvalue weighted by molar-refractivity contribution is 6.31. The van der Waals surface area contributed by atoms with Crippen molar-refractivity contribution in [1.82, 2.24) is 0 Å². The number of esters is 1. The molecule has 43 heavy (non-hydrogen) atoms. The maximum atomic E-state index is 13.1. The Kier molecular flexibility index (Phi) is 10.1. The first-order chi connectivity index (χ1) is 19.9. The number of carbonyl (C=O) groups is 1. The SMILES string of the molecule is CCC(CC)(c1ccc(/C=C/C(O)(C(F)(F)F)C(F)(F)F)c(C)c1)c1ccc(-c2ccc(CC(=O)OC)c(Cl)c2)c(C)c1. The van der Waals surface area contributed by atoms with Crippen molar-refractivity contribution in [2.24, 2.45) is 0 Å². The molecule has 0 saturated heterocycles. The molecule has 0 aliphatic heterocycles. The molecule has 0 bridgehead atoms. The number of benzene rings is 3. The lowest BCUT2D eigenvalue weighted by Gasteiger charge is -2.34. The molecule has 3 aromatic carbocycles. The highest BCUT2D eigenvalue weighted by Gasteiger charge is 2.68. The van der Waals surface area contributed by atoms with Crippen LogP contribution in [0.4, 0.5) is 26.3 Å². The Morgan fingerprint density at radius 3 is 1.88 bits per heavy atom. The van der Waals surface area contributed by atoms with Crippen LogP contribution in [0.1, 0.15) is 60.1 Å². The molecule has 0 unspecified atom stereocenters. The number of alkyl halides is 6. The summed E-state index contributed by atoms with van der Waals surface area (Å²) in [6.45, 7) is 7.60. The van der Waals surface area contributed by atoms with Crippen molar-refractivity contribution in [2.75, 3.05) is 7.11 Å². The van der Waals surface area contributed by atoms with Crippen LogP contribution >= 0.6 is 11.6 Å². The number of halogens is 7. The normalized spacial score (nSPS) is 13.0. The molecular weight excluding hydrogens is 594 g/mol. The first kappa shape index (κ1) is 34.2. The second-order valence-electron chi connectivity index (χ2n) is 10.5. The molecule has 0 aliphatic carbocycles. The molecule has 0 saturated carbocycles. The zero-order valence-electron chi connectivity index (χ0n) is 24.4. The lowest BCUT2D eigenvalue weighted by molar-refractivity contribution is -0.347. The number of carbonyl (C=O) groups excluding carboxylic acids is 1. The Morgan fingerprint density at radius 1 is 0.860 bits per heavy atom. The number of hydrogen-bond donors (Lipinski definition) is 1. The number of hydrogen-bond acceptors (Lipinski definition) is 3. The van der Waals surface area contributed by atoms with Crippen molar-refractivity contribution in [2.45, 2.75) is 70.3 Å². The summed E-state index contributed by atoms with van der Waals surface area (Å²) in [6, 6.07) is 16.4. The van der Waals surface area contributed by atoms with Crippen molar-refractivity contribution < 1.29 is 41.0 Å². The van der Waals surface area contributed by atoms with Gasteiger partial charge in [-0.1, -0.05) is 80.1 Å². The van der Waals surface area contributed by atoms with Crippen LogP contribution in [0.5, 0.6) is 0 Å². The molecule has 3 nitrogen and oxygen atoms in total. The molecule has 0 amide bonds. The molecule has 0 radical (unpaired) electrons. The molecular formula is C33H33ClF6O3. The summed E-state index contributed by atoms with van der Waals surface area (Å²) in [4.78, 5) is 11.7. The topological polar surface area (TPSA) is 46.5 Å². The maximum absolute atomic E-state index is 13.1. The van der Waals surface area contributed by atoms with Gasteiger partial charge in [-0.2, -0.15) is 26.3 Å². The fourth-order valence-corrected chi connectivity index (χ4v) is 5.57. The maximum Gasteiger partial charge on any atom is 0.430 e. The average molecular weight is 627 g/mol. The summed E-state index contributed by atoms with van der Waals surface area (Å²) in [7, 11) is 1.31. The Morgan fingerprint density at radius 2 is 1.42 bits per heavy atom. The predicted octanol–water partition coefficient (Wildman–Crippen LogP) is 9.31. The van der Waals surface area contributed by atoms with Gasteiger partial charge in [0.15, 0.2) is 0 Å². The first-order valence-electron chi connectivity index (χ1n) is 13.6. The molecule has 0 atom stereocenters. The summed E-state index contributed by atoms with van der Waals surface area (Å²) < 4.78 is 83.5. The smallest absolute Gasteiger partial charge is 0.430 e. The van der Waals surface area contributed by atoms with Gasteiger partial charge in [-0.3, -0.25) is 4.79 Å². The van der Waals surface area contributed by atoms with E-state index in [-0.39, 0.29) is 18.1 Å². The number of methoxy groups -OCH3 is 1. The minimum absolute atomic E-state index is 0.0581. The molecule has 0 fully saturated rings. The second-order valence-corrected chi connectivity index (χ2v) is 11.0. The summed E-state index contributed by atoms with van der Waals surface area (Å²) >= 11 is 6.44. The number of rotatable bonds is 9. The van der Waals surface area contributed by atoms with E-state index < -0.39 is 29.3 Å². The first-order valence-corrected chi connectivity index (χ1v) is 13.9. The van der Waals surface area contributed by atoms with Crippen molar-refractivity contribution in [3.05, 3.63) is 99.1 Å². The zero-order chi connectivity index (χ0) is 32.4.